The fraction of sp³-hybridized carbons (Fsp3) is 0.636. The summed E-state index contributed by atoms with van der Waals surface area (Å²) in [7, 11) is 2.09. The average molecular weight is 443 g/mol. The van der Waals surface area contributed by atoms with Gasteiger partial charge in [0.25, 0.3) is 0 Å². The zero-order valence-electron chi connectivity index (χ0n) is 18.8. The van der Waals surface area contributed by atoms with E-state index in [1.807, 2.05) is 0 Å². The van der Waals surface area contributed by atoms with Gasteiger partial charge in [-0.1, -0.05) is 13.3 Å². The number of nitrogens with zero attached hydrogens (tertiary/aromatic N) is 6. The first kappa shape index (κ1) is 20.8. The molecule has 8 nitrogen and oxygen atoms in total. The molecule has 0 amide bonds. The third kappa shape index (κ3) is 3.72. The molecule has 0 atom stereocenters. The van der Waals surface area contributed by atoms with Crippen LogP contribution in [-0.4, -0.2) is 65.9 Å². The van der Waals surface area contributed by atoms with Crippen molar-refractivity contribution in [2.45, 2.75) is 52.2 Å². The van der Waals surface area contributed by atoms with E-state index in [1.54, 1.807) is 11.3 Å². The van der Waals surface area contributed by atoms with Crippen molar-refractivity contribution >= 4 is 43.4 Å². The lowest BCUT2D eigenvalue weighted by Crippen LogP contribution is -2.39. The molecule has 5 heterocycles. The van der Waals surface area contributed by atoms with E-state index in [2.05, 4.69) is 53.0 Å². The number of ether oxygens (including phenoxy) is 2. The molecule has 3 aromatic heterocycles. The first-order valence-electron chi connectivity index (χ1n) is 11.1. The normalized spacial score (nSPS) is 18.5. The molecule has 0 saturated carbocycles. The number of rotatable bonds is 5. The van der Waals surface area contributed by atoms with Gasteiger partial charge in [-0.2, -0.15) is 0 Å². The van der Waals surface area contributed by atoms with Crippen molar-refractivity contribution in [1.82, 2.24) is 20.4 Å². The molecule has 2 aliphatic heterocycles. The van der Waals surface area contributed by atoms with Gasteiger partial charge >= 0.3 is 0 Å². The molecule has 3 aromatic rings. The van der Waals surface area contributed by atoms with Crippen molar-refractivity contribution in [3.8, 4) is 0 Å². The van der Waals surface area contributed by atoms with Gasteiger partial charge in [0.1, 0.15) is 20.9 Å². The lowest BCUT2D eigenvalue weighted by molar-refractivity contribution is -0.0396. The monoisotopic (exact) mass is 442 g/mol. The Balaban J connectivity index is 1.72. The summed E-state index contributed by atoms with van der Waals surface area (Å²) in [6.07, 6.45) is 3.09. The Morgan fingerprint density at radius 2 is 1.97 bits per heavy atom. The van der Waals surface area contributed by atoms with Gasteiger partial charge in [0, 0.05) is 44.1 Å². The third-order valence-electron chi connectivity index (χ3n) is 6.22. The van der Waals surface area contributed by atoms with Crippen LogP contribution in [0.15, 0.2) is 0 Å². The second-order valence-electron chi connectivity index (χ2n) is 9.07. The molecular weight excluding hydrogens is 412 g/mol. The van der Waals surface area contributed by atoms with Crippen molar-refractivity contribution in [1.29, 1.82) is 0 Å². The minimum atomic E-state index is -0.223. The highest BCUT2D eigenvalue weighted by atomic mass is 32.1. The predicted octanol–water partition coefficient (Wildman–Crippen LogP) is 3.56. The topological polar surface area (TPSA) is 76.5 Å². The van der Waals surface area contributed by atoms with Crippen LogP contribution in [0.25, 0.3) is 20.4 Å². The van der Waals surface area contributed by atoms with Crippen LogP contribution in [0.5, 0.6) is 0 Å². The van der Waals surface area contributed by atoms with E-state index in [-0.39, 0.29) is 5.60 Å². The van der Waals surface area contributed by atoms with Crippen molar-refractivity contribution in [2.75, 3.05) is 49.7 Å². The minimum absolute atomic E-state index is 0.223. The molecule has 0 spiro atoms. The fourth-order valence-electron chi connectivity index (χ4n) is 4.49. The summed E-state index contributed by atoms with van der Waals surface area (Å²) in [4.78, 5) is 10.7. The number of hydrogen-bond donors (Lipinski definition) is 0. The Kier molecular flexibility index (Phi) is 5.44. The summed E-state index contributed by atoms with van der Waals surface area (Å²) in [5.74, 6) is 1.93. The first-order valence-corrected chi connectivity index (χ1v) is 12.0. The summed E-state index contributed by atoms with van der Waals surface area (Å²) in [5.41, 5.74) is 3.19. The molecule has 0 bridgehead atoms. The average Bonchev–Trinajstić information content (AvgIpc) is 3.15. The number of hydrogen-bond acceptors (Lipinski definition) is 9. The molecular formula is C22H30N6O2S. The Hall–Kier alpha value is -2.10. The second-order valence-corrected chi connectivity index (χ2v) is 10.1. The molecule has 0 radical (unpaired) electrons. The molecule has 1 fully saturated rings. The lowest BCUT2D eigenvalue weighted by Gasteiger charge is -2.36. The number of thiophene rings is 1. The molecule has 166 valence electrons. The maximum absolute atomic E-state index is 6.22. The van der Waals surface area contributed by atoms with Gasteiger partial charge in [-0.15, -0.1) is 21.5 Å². The van der Waals surface area contributed by atoms with E-state index in [4.69, 9.17) is 14.5 Å². The Labute approximate surface area is 186 Å². The van der Waals surface area contributed by atoms with Gasteiger partial charge in [-0.05, 0) is 31.0 Å². The number of anilines is 2. The van der Waals surface area contributed by atoms with Crippen LogP contribution in [0, 0.1) is 0 Å². The van der Waals surface area contributed by atoms with E-state index < -0.39 is 0 Å². The van der Waals surface area contributed by atoms with Crippen LogP contribution in [-0.2, 0) is 22.5 Å². The minimum Gasteiger partial charge on any atom is -0.378 e. The zero-order chi connectivity index (χ0) is 21.6. The largest absolute Gasteiger partial charge is 0.378 e. The molecule has 31 heavy (non-hydrogen) atoms. The molecule has 1 saturated heterocycles. The van der Waals surface area contributed by atoms with Gasteiger partial charge < -0.3 is 19.3 Å². The van der Waals surface area contributed by atoms with Crippen molar-refractivity contribution in [3.63, 3.8) is 0 Å². The van der Waals surface area contributed by atoms with Gasteiger partial charge in [-0.25, -0.2) is 4.98 Å². The van der Waals surface area contributed by atoms with Crippen molar-refractivity contribution < 1.29 is 9.47 Å². The Morgan fingerprint density at radius 3 is 2.74 bits per heavy atom. The maximum Gasteiger partial charge on any atom is 0.172 e. The predicted molar refractivity (Wildman–Crippen MR) is 124 cm³/mol. The number of pyridine rings is 1. The molecule has 0 aliphatic carbocycles. The van der Waals surface area contributed by atoms with E-state index >= 15 is 0 Å². The van der Waals surface area contributed by atoms with Gasteiger partial charge in [0.2, 0.25) is 0 Å². The summed E-state index contributed by atoms with van der Waals surface area (Å²) in [6.45, 7) is 11.2. The second kappa shape index (κ2) is 8.11. The highest BCUT2D eigenvalue weighted by Crippen LogP contribution is 2.44. The zero-order valence-corrected chi connectivity index (χ0v) is 19.6. The summed E-state index contributed by atoms with van der Waals surface area (Å²) < 4.78 is 12.9. The van der Waals surface area contributed by atoms with Crippen molar-refractivity contribution in [2.24, 2.45) is 0 Å². The van der Waals surface area contributed by atoms with E-state index in [1.165, 1.54) is 11.1 Å². The molecule has 0 N–H and O–H groups in total. The molecule has 0 aromatic carbocycles. The lowest BCUT2D eigenvalue weighted by atomic mass is 9.90. The van der Waals surface area contributed by atoms with Crippen LogP contribution >= 0.6 is 11.3 Å². The summed E-state index contributed by atoms with van der Waals surface area (Å²) in [5, 5.41) is 14.2. The van der Waals surface area contributed by atoms with Crippen LogP contribution in [0.2, 0.25) is 0 Å². The molecule has 5 rings (SSSR count). The number of fused-ring (bicyclic) bond motifs is 5. The number of aromatic nitrogens is 4. The molecule has 2 aliphatic rings. The first-order chi connectivity index (χ1) is 15.0. The standard InChI is InChI=1S/C22H30N6O2S/c1-5-6-7-27(4)20-18-17(24-26-25-20)16-14-12-22(2,3)30-13-15(14)19(23-21(16)31-18)28-8-10-29-11-9-28/h5-13H2,1-4H3. The third-order valence-corrected chi connectivity index (χ3v) is 7.29. The van der Waals surface area contributed by atoms with Gasteiger partial charge in [0.15, 0.2) is 5.82 Å². The number of morpholine rings is 1. The molecule has 0 unspecified atom stereocenters. The quantitative estimate of drug-likeness (QED) is 0.594. The van der Waals surface area contributed by atoms with E-state index in [9.17, 15) is 0 Å². The van der Waals surface area contributed by atoms with Crippen molar-refractivity contribution in [3.05, 3.63) is 11.1 Å². The summed E-state index contributed by atoms with van der Waals surface area (Å²) in [6, 6.07) is 0. The maximum atomic E-state index is 6.22. The van der Waals surface area contributed by atoms with Crippen LogP contribution in [0.1, 0.15) is 44.7 Å². The van der Waals surface area contributed by atoms with Crippen LogP contribution in [0.3, 0.4) is 0 Å². The van der Waals surface area contributed by atoms with Gasteiger partial charge in [0.05, 0.1) is 25.4 Å². The SMILES string of the molecule is CCCCN(C)c1nnnc2c1sc1nc(N3CCOCC3)c3c(c12)CC(C)(C)OC3. The van der Waals surface area contributed by atoms with Gasteiger partial charge in [-0.3, -0.25) is 0 Å². The fourth-order valence-corrected chi connectivity index (χ4v) is 5.67. The highest BCUT2D eigenvalue weighted by molar-refractivity contribution is 7.26. The Morgan fingerprint density at radius 1 is 1.16 bits per heavy atom. The summed E-state index contributed by atoms with van der Waals surface area (Å²) >= 11 is 1.68. The Bertz CT molecular complexity index is 1110. The van der Waals surface area contributed by atoms with Crippen LogP contribution < -0.4 is 9.80 Å². The number of unbranched alkanes of at least 4 members (excludes halogenated alkanes) is 1. The van der Waals surface area contributed by atoms with E-state index in [0.29, 0.717) is 6.61 Å². The van der Waals surface area contributed by atoms with E-state index in [0.717, 1.165) is 84.2 Å². The molecule has 9 heteroatoms. The van der Waals surface area contributed by atoms with Crippen LogP contribution in [0.4, 0.5) is 11.6 Å². The highest BCUT2D eigenvalue weighted by Gasteiger charge is 2.33. The smallest absolute Gasteiger partial charge is 0.172 e.